The molecule has 0 fully saturated rings. The van der Waals surface area contributed by atoms with Crippen LogP contribution in [0.3, 0.4) is 0 Å². The Morgan fingerprint density at radius 2 is 2.05 bits per heavy atom. The molecule has 3 aromatic heterocycles. The number of hydrogen-bond donors (Lipinski definition) is 1. The first-order valence-corrected chi connectivity index (χ1v) is 7.95. The van der Waals surface area contributed by atoms with Crippen LogP contribution in [-0.4, -0.2) is 27.0 Å². The van der Waals surface area contributed by atoms with Gasteiger partial charge < -0.3 is 5.32 Å². The summed E-state index contributed by atoms with van der Waals surface area (Å²) in [5.41, 5.74) is 2.15. The van der Waals surface area contributed by atoms with Crippen molar-refractivity contribution in [2.45, 2.75) is 25.7 Å². The van der Waals surface area contributed by atoms with Crippen molar-refractivity contribution in [1.29, 1.82) is 0 Å². The number of nitrogens with zero attached hydrogens (tertiary/aromatic N) is 4. The lowest BCUT2D eigenvalue weighted by molar-refractivity contribution is 0.700. The van der Waals surface area contributed by atoms with Gasteiger partial charge in [0.15, 0.2) is 5.82 Å². The predicted molar refractivity (Wildman–Crippen MR) is 84.6 cm³/mol. The smallest absolute Gasteiger partial charge is 0.183 e. The van der Waals surface area contributed by atoms with Crippen molar-refractivity contribution in [1.82, 2.24) is 19.9 Å². The molecular formula is C15H15N5S. The Labute approximate surface area is 126 Å². The van der Waals surface area contributed by atoms with Crippen molar-refractivity contribution < 1.29 is 0 Å². The van der Waals surface area contributed by atoms with Crippen LogP contribution in [0.25, 0.3) is 21.7 Å². The van der Waals surface area contributed by atoms with Crippen molar-refractivity contribution in [3.63, 3.8) is 0 Å². The molecule has 4 rings (SSSR count). The molecule has 1 aliphatic rings. The number of aryl methyl sites for hydroxylation is 2. The van der Waals surface area contributed by atoms with Gasteiger partial charge in [0.05, 0.1) is 11.6 Å². The van der Waals surface area contributed by atoms with Gasteiger partial charge in [-0.1, -0.05) is 0 Å². The van der Waals surface area contributed by atoms with E-state index in [9.17, 15) is 0 Å². The maximum atomic E-state index is 4.72. The van der Waals surface area contributed by atoms with E-state index in [-0.39, 0.29) is 0 Å². The van der Waals surface area contributed by atoms with Crippen LogP contribution in [0.5, 0.6) is 0 Å². The fourth-order valence-corrected chi connectivity index (χ4v) is 4.13. The number of anilines is 1. The van der Waals surface area contributed by atoms with Crippen LogP contribution in [-0.2, 0) is 12.8 Å². The van der Waals surface area contributed by atoms with E-state index >= 15 is 0 Å². The van der Waals surface area contributed by atoms with Crippen molar-refractivity contribution in [3.8, 4) is 11.5 Å². The molecule has 6 heteroatoms. The van der Waals surface area contributed by atoms with Gasteiger partial charge in [-0.15, -0.1) is 11.3 Å². The second-order valence-corrected chi connectivity index (χ2v) is 6.21. The standard InChI is InChI=1S/C15H15N5S/c1-16-14-12-9-4-2-3-5-11(9)21-15(12)20-13(19-14)10-8-17-6-7-18-10/h6-8H,2-5H2,1H3,(H,16,19,20). The first-order valence-electron chi connectivity index (χ1n) is 7.13. The highest BCUT2D eigenvalue weighted by Crippen LogP contribution is 2.39. The Hall–Kier alpha value is -2.08. The Bertz CT molecular complexity index is 797. The number of aromatic nitrogens is 4. The predicted octanol–water partition coefficient (Wildman–Crippen LogP) is 3.07. The summed E-state index contributed by atoms with van der Waals surface area (Å²) < 4.78 is 0. The first-order chi connectivity index (χ1) is 10.4. The summed E-state index contributed by atoms with van der Waals surface area (Å²) in [6.07, 6.45) is 9.87. The van der Waals surface area contributed by atoms with E-state index in [1.165, 1.54) is 35.1 Å². The van der Waals surface area contributed by atoms with Gasteiger partial charge in [-0.2, -0.15) is 0 Å². The van der Waals surface area contributed by atoms with Crippen LogP contribution in [0.4, 0.5) is 5.82 Å². The minimum absolute atomic E-state index is 0.638. The molecular weight excluding hydrogens is 282 g/mol. The van der Waals surface area contributed by atoms with Gasteiger partial charge in [0.2, 0.25) is 0 Å². The van der Waals surface area contributed by atoms with E-state index in [0.29, 0.717) is 11.5 Å². The Kier molecular flexibility index (Phi) is 3.03. The molecule has 0 unspecified atom stereocenters. The van der Waals surface area contributed by atoms with Crippen LogP contribution in [0, 0.1) is 0 Å². The molecule has 0 saturated heterocycles. The molecule has 106 valence electrons. The fourth-order valence-electron chi connectivity index (χ4n) is 2.87. The Morgan fingerprint density at radius 3 is 2.86 bits per heavy atom. The number of fused-ring (bicyclic) bond motifs is 3. The molecule has 3 aromatic rings. The summed E-state index contributed by atoms with van der Waals surface area (Å²) in [6, 6.07) is 0. The third kappa shape index (κ3) is 2.06. The average molecular weight is 297 g/mol. The lowest BCUT2D eigenvalue weighted by atomic mass is 9.97. The van der Waals surface area contributed by atoms with Crippen LogP contribution < -0.4 is 5.32 Å². The maximum Gasteiger partial charge on any atom is 0.183 e. The largest absolute Gasteiger partial charge is 0.372 e. The highest BCUT2D eigenvalue weighted by Gasteiger charge is 2.21. The molecule has 5 nitrogen and oxygen atoms in total. The minimum atomic E-state index is 0.638. The van der Waals surface area contributed by atoms with E-state index in [0.717, 1.165) is 17.1 Å². The summed E-state index contributed by atoms with van der Waals surface area (Å²) in [5, 5.41) is 4.42. The van der Waals surface area contributed by atoms with Crippen molar-refractivity contribution in [2.24, 2.45) is 0 Å². The number of thiophene rings is 1. The monoisotopic (exact) mass is 297 g/mol. The van der Waals surface area contributed by atoms with E-state index in [1.807, 2.05) is 7.05 Å². The highest BCUT2D eigenvalue weighted by atomic mass is 32.1. The maximum absolute atomic E-state index is 4.72. The topological polar surface area (TPSA) is 63.6 Å². The third-order valence-corrected chi connectivity index (χ3v) is 5.03. The van der Waals surface area contributed by atoms with E-state index < -0.39 is 0 Å². The van der Waals surface area contributed by atoms with E-state index in [1.54, 1.807) is 29.9 Å². The van der Waals surface area contributed by atoms with Crippen LogP contribution in [0.2, 0.25) is 0 Å². The molecule has 0 spiro atoms. The normalized spacial score (nSPS) is 14.1. The van der Waals surface area contributed by atoms with Gasteiger partial charge in [0, 0.05) is 24.3 Å². The number of nitrogens with one attached hydrogen (secondary N) is 1. The number of rotatable bonds is 2. The zero-order valence-corrected chi connectivity index (χ0v) is 12.6. The fraction of sp³-hybridized carbons (Fsp3) is 0.333. The molecule has 0 saturated carbocycles. The molecule has 1 N–H and O–H groups in total. The SMILES string of the molecule is CNc1nc(-c2cnccn2)nc2sc3c(c12)CCCC3. The molecule has 0 amide bonds. The van der Waals surface area contributed by atoms with Gasteiger partial charge in [0.1, 0.15) is 16.3 Å². The van der Waals surface area contributed by atoms with Gasteiger partial charge in [-0.25, -0.2) is 15.0 Å². The molecule has 0 atom stereocenters. The molecule has 0 aromatic carbocycles. The molecule has 0 radical (unpaired) electrons. The van der Waals surface area contributed by atoms with Crippen LogP contribution in [0.1, 0.15) is 23.3 Å². The first kappa shape index (κ1) is 12.6. The average Bonchev–Trinajstić information content (AvgIpc) is 2.93. The summed E-state index contributed by atoms with van der Waals surface area (Å²) >= 11 is 1.80. The summed E-state index contributed by atoms with van der Waals surface area (Å²) in [4.78, 5) is 20.3. The van der Waals surface area contributed by atoms with Gasteiger partial charge >= 0.3 is 0 Å². The van der Waals surface area contributed by atoms with E-state index in [4.69, 9.17) is 4.98 Å². The summed E-state index contributed by atoms with van der Waals surface area (Å²) in [5.74, 6) is 1.54. The molecule has 0 aliphatic heterocycles. The second kappa shape index (κ2) is 5.04. The number of hydrogen-bond acceptors (Lipinski definition) is 6. The second-order valence-electron chi connectivity index (χ2n) is 5.13. The molecule has 21 heavy (non-hydrogen) atoms. The third-order valence-electron chi connectivity index (χ3n) is 3.84. The van der Waals surface area contributed by atoms with Crippen molar-refractivity contribution in [2.75, 3.05) is 12.4 Å². The highest BCUT2D eigenvalue weighted by molar-refractivity contribution is 7.19. The lowest BCUT2D eigenvalue weighted by Gasteiger charge is -2.11. The minimum Gasteiger partial charge on any atom is -0.372 e. The zero-order valence-electron chi connectivity index (χ0n) is 11.8. The van der Waals surface area contributed by atoms with Crippen molar-refractivity contribution in [3.05, 3.63) is 29.0 Å². The molecule has 1 aliphatic carbocycles. The molecule has 3 heterocycles. The molecule has 0 bridgehead atoms. The van der Waals surface area contributed by atoms with Crippen molar-refractivity contribution >= 4 is 27.4 Å². The van der Waals surface area contributed by atoms with Gasteiger partial charge in [-0.3, -0.25) is 4.98 Å². The lowest BCUT2D eigenvalue weighted by Crippen LogP contribution is -2.02. The Morgan fingerprint density at radius 1 is 1.14 bits per heavy atom. The zero-order chi connectivity index (χ0) is 14.2. The van der Waals surface area contributed by atoms with Crippen LogP contribution >= 0.6 is 11.3 Å². The van der Waals surface area contributed by atoms with Gasteiger partial charge in [0.25, 0.3) is 0 Å². The summed E-state index contributed by atoms with van der Waals surface area (Å²) in [7, 11) is 1.91. The van der Waals surface area contributed by atoms with E-state index in [2.05, 4.69) is 20.3 Å². The van der Waals surface area contributed by atoms with Crippen LogP contribution in [0.15, 0.2) is 18.6 Å². The Balaban J connectivity index is 1.96. The van der Waals surface area contributed by atoms with Gasteiger partial charge in [-0.05, 0) is 31.2 Å². The quantitative estimate of drug-likeness (QED) is 0.787. The summed E-state index contributed by atoms with van der Waals surface area (Å²) in [6.45, 7) is 0.